The highest BCUT2D eigenvalue weighted by molar-refractivity contribution is 8.15. The number of para-hydroxylation sites is 3. The summed E-state index contributed by atoms with van der Waals surface area (Å²) in [7, 11) is 1.55. The lowest BCUT2D eigenvalue weighted by molar-refractivity contribution is -0.126. The van der Waals surface area contributed by atoms with Gasteiger partial charge in [0.15, 0.2) is 5.17 Å². The Kier molecular flexibility index (Phi) is 8.79. The molecule has 0 saturated heterocycles. The molecule has 0 aliphatic carbocycles. The lowest BCUT2D eigenvalue weighted by atomic mass is 10.1. The molecule has 3 aromatic rings. The van der Waals surface area contributed by atoms with Gasteiger partial charge in [0.1, 0.15) is 17.6 Å². The Bertz CT molecular complexity index is 1510. The van der Waals surface area contributed by atoms with E-state index < -0.39 is 17.2 Å². The van der Waals surface area contributed by atoms with Crippen LogP contribution in [0.15, 0.2) is 88.8 Å². The van der Waals surface area contributed by atoms with E-state index in [1.807, 2.05) is 73.7 Å². The number of hydrogen-bond donors (Lipinski definition) is 2. The van der Waals surface area contributed by atoms with Gasteiger partial charge >= 0.3 is 0 Å². The molecule has 10 heteroatoms. The summed E-state index contributed by atoms with van der Waals surface area (Å²) < 4.78 is 5.38. The second-order valence-electron chi connectivity index (χ2n) is 9.56. The quantitative estimate of drug-likeness (QED) is 0.370. The minimum absolute atomic E-state index is 0.0768. The first-order valence-electron chi connectivity index (χ1n) is 13.5. The number of thioether (sulfide) groups is 1. The molecule has 0 fully saturated rings. The summed E-state index contributed by atoms with van der Waals surface area (Å²) in [4.78, 5) is 50.4. The first-order chi connectivity index (χ1) is 20.0. The third-order valence-corrected chi connectivity index (χ3v) is 8.17. The SMILES string of the molecule is CCC(SC1=Nc2ccccc2C2=NC(=O)C(CC(=O)NCCc3ccccc3)N12)C(=O)Nc1ccccc1OC. The van der Waals surface area contributed by atoms with Crippen LogP contribution in [0.25, 0.3) is 0 Å². The van der Waals surface area contributed by atoms with E-state index in [0.29, 0.717) is 53.1 Å². The largest absolute Gasteiger partial charge is 0.495 e. The Balaban J connectivity index is 1.34. The highest BCUT2D eigenvalue weighted by atomic mass is 32.2. The van der Waals surface area contributed by atoms with Crippen LogP contribution in [0.1, 0.15) is 30.9 Å². The van der Waals surface area contributed by atoms with Crippen molar-refractivity contribution in [3.63, 3.8) is 0 Å². The molecular weight excluding hydrogens is 538 g/mol. The number of rotatable bonds is 10. The zero-order chi connectivity index (χ0) is 28.8. The lowest BCUT2D eigenvalue weighted by Crippen LogP contribution is -2.47. The Morgan fingerprint density at radius 2 is 1.73 bits per heavy atom. The Morgan fingerprint density at radius 1 is 1.00 bits per heavy atom. The summed E-state index contributed by atoms with van der Waals surface area (Å²) in [5.74, 6) is 0.130. The number of hydrogen-bond acceptors (Lipinski definition) is 7. The number of nitrogens with zero attached hydrogens (tertiary/aromatic N) is 3. The molecule has 0 aromatic heterocycles. The monoisotopic (exact) mass is 569 g/mol. The van der Waals surface area contributed by atoms with Gasteiger partial charge in [-0.15, -0.1) is 0 Å². The zero-order valence-corrected chi connectivity index (χ0v) is 23.7. The fourth-order valence-electron chi connectivity index (χ4n) is 4.73. The fraction of sp³-hybridized carbons (Fsp3) is 0.258. The van der Waals surface area contributed by atoms with Crippen LogP contribution in [0.2, 0.25) is 0 Å². The summed E-state index contributed by atoms with van der Waals surface area (Å²) in [5.41, 5.74) is 3.05. The van der Waals surface area contributed by atoms with Crippen molar-refractivity contribution in [3.8, 4) is 5.75 Å². The van der Waals surface area contributed by atoms with Gasteiger partial charge in [0.05, 0.1) is 30.2 Å². The van der Waals surface area contributed by atoms with Crippen molar-refractivity contribution in [1.29, 1.82) is 0 Å². The first kappa shape index (κ1) is 28.1. The first-order valence-corrected chi connectivity index (χ1v) is 14.4. The van der Waals surface area contributed by atoms with Crippen LogP contribution in [-0.4, -0.2) is 58.6 Å². The average molecular weight is 570 g/mol. The Labute approximate surface area is 243 Å². The molecule has 0 spiro atoms. The van der Waals surface area contributed by atoms with Crippen molar-refractivity contribution >= 4 is 51.9 Å². The number of ether oxygens (including phenoxy) is 1. The van der Waals surface area contributed by atoms with Gasteiger partial charge in [-0.05, 0) is 42.7 Å². The maximum atomic E-state index is 13.4. The normalized spacial score (nSPS) is 16.2. The maximum absolute atomic E-state index is 13.4. The number of aliphatic imine (C=N–C) groups is 2. The summed E-state index contributed by atoms with van der Waals surface area (Å²) in [6.07, 6.45) is 1.11. The predicted octanol–water partition coefficient (Wildman–Crippen LogP) is 4.55. The van der Waals surface area contributed by atoms with E-state index in [1.165, 1.54) is 11.8 Å². The van der Waals surface area contributed by atoms with Gasteiger partial charge in [0, 0.05) is 12.1 Å². The van der Waals surface area contributed by atoms with E-state index in [2.05, 4.69) is 15.6 Å². The van der Waals surface area contributed by atoms with Crippen LogP contribution in [-0.2, 0) is 20.8 Å². The highest BCUT2D eigenvalue weighted by Gasteiger charge is 2.43. The van der Waals surface area contributed by atoms with Crippen molar-refractivity contribution in [2.24, 2.45) is 9.98 Å². The smallest absolute Gasteiger partial charge is 0.271 e. The summed E-state index contributed by atoms with van der Waals surface area (Å²) in [5, 5.41) is 5.80. The Hall–Kier alpha value is -4.44. The molecule has 0 bridgehead atoms. The molecule has 0 saturated carbocycles. The fourth-order valence-corrected chi connectivity index (χ4v) is 5.80. The number of carbonyl (C=O) groups excluding carboxylic acids is 3. The molecule has 5 rings (SSSR count). The van der Waals surface area contributed by atoms with E-state index in [4.69, 9.17) is 9.73 Å². The number of amidine groups is 2. The summed E-state index contributed by atoms with van der Waals surface area (Å²) in [6.45, 7) is 2.37. The molecular formula is C31H31N5O4S. The number of methoxy groups -OCH3 is 1. The van der Waals surface area contributed by atoms with Crippen LogP contribution in [0.5, 0.6) is 5.75 Å². The topological polar surface area (TPSA) is 112 Å². The van der Waals surface area contributed by atoms with Crippen LogP contribution >= 0.6 is 11.8 Å². The maximum Gasteiger partial charge on any atom is 0.271 e. The molecule has 2 atom stereocenters. The number of carbonyl (C=O) groups is 3. The second kappa shape index (κ2) is 12.8. The molecule has 2 aliphatic heterocycles. The molecule has 9 nitrogen and oxygen atoms in total. The lowest BCUT2D eigenvalue weighted by Gasteiger charge is -2.32. The van der Waals surface area contributed by atoms with E-state index in [1.54, 1.807) is 24.1 Å². The van der Waals surface area contributed by atoms with Gasteiger partial charge in [-0.1, -0.05) is 73.3 Å². The van der Waals surface area contributed by atoms with E-state index in [9.17, 15) is 14.4 Å². The molecule has 41 heavy (non-hydrogen) atoms. The van der Waals surface area contributed by atoms with E-state index in [-0.39, 0.29) is 18.2 Å². The van der Waals surface area contributed by atoms with Gasteiger partial charge in [-0.3, -0.25) is 19.3 Å². The molecule has 0 radical (unpaired) electrons. The molecule has 2 N–H and O–H groups in total. The van der Waals surface area contributed by atoms with Crippen LogP contribution < -0.4 is 15.4 Å². The minimum Gasteiger partial charge on any atom is -0.495 e. The minimum atomic E-state index is -0.851. The molecule has 2 aliphatic rings. The van der Waals surface area contributed by atoms with Gasteiger partial charge in [-0.25, -0.2) is 4.99 Å². The third-order valence-electron chi connectivity index (χ3n) is 6.84. The number of fused-ring (bicyclic) bond motifs is 3. The second-order valence-corrected chi connectivity index (χ2v) is 10.7. The molecule has 2 unspecified atom stereocenters. The average Bonchev–Trinajstić information content (AvgIpc) is 3.32. The summed E-state index contributed by atoms with van der Waals surface area (Å²) in [6, 6.07) is 23.7. The van der Waals surface area contributed by atoms with Crippen LogP contribution in [0.4, 0.5) is 11.4 Å². The van der Waals surface area contributed by atoms with Crippen molar-refractivity contribution < 1.29 is 19.1 Å². The molecule has 2 heterocycles. The number of amides is 3. The zero-order valence-electron chi connectivity index (χ0n) is 22.9. The highest BCUT2D eigenvalue weighted by Crippen LogP contribution is 2.37. The van der Waals surface area contributed by atoms with Crippen molar-refractivity contribution in [2.45, 2.75) is 37.5 Å². The standard InChI is InChI=1S/C31H31N5O4S/c1-3-26(30(39)33-23-15-9-10-16-25(23)40-2)41-31-34-22-14-8-7-13-21(22)28-35-29(38)24(36(28)31)19-27(37)32-18-17-20-11-5-4-6-12-20/h4-16,24,26H,3,17-19H2,1-2H3,(H,32,37)(H,33,39). The van der Waals surface area contributed by atoms with Gasteiger partial charge in [-0.2, -0.15) is 4.99 Å². The van der Waals surface area contributed by atoms with Gasteiger partial charge < -0.3 is 15.4 Å². The van der Waals surface area contributed by atoms with Gasteiger partial charge in [0.25, 0.3) is 5.91 Å². The van der Waals surface area contributed by atoms with Crippen LogP contribution in [0, 0.1) is 0 Å². The number of anilines is 1. The van der Waals surface area contributed by atoms with Gasteiger partial charge in [0.2, 0.25) is 11.8 Å². The Morgan fingerprint density at radius 3 is 2.51 bits per heavy atom. The van der Waals surface area contributed by atoms with Crippen molar-refractivity contribution in [1.82, 2.24) is 10.2 Å². The van der Waals surface area contributed by atoms with Crippen LogP contribution in [0.3, 0.4) is 0 Å². The number of benzene rings is 3. The summed E-state index contributed by atoms with van der Waals surface area (Å²) >= 11 is 1.25. The van der Waals surface area contributed by atoms with Crippen molar-refractivity contribution in [2.75, 3.05) is 19.0 Å². The third kappa shape index (κ3) is 6.33. The number of nitrogens with one attached hydrogen (secondary N) is 2. The molecule has 3 amide bonds. The van der Waals surface area contributed by atoms with E-state index in [0.717, 1.165) is 5.56 Å². The predicted molar refractivity (Wildman–Crippen MR) is 162 cm³/mol. The van der Waals surface area contributed by atoms with E-state index >= 15 is 0 Å². The van der Waals surface area contributed by atoms with Crippen molar-refractivity contribution in [3.05, 3.63) is 90.0 Å². The molecule has 3 aromatic carbocycles. The molecule has 210 valence electrons.